The molecule has 1 heterocycles. The van der Waals surface area contributed by atoms with E-state index in [-0.39, 0.29) is 5.97 Å². The van der Waals surface area contributed by atoms with E-state index in [1.807, 2.05) is 48.5 Å². The molecule has 1 aliphatic rings. The Bertz CT molecular complexity index is 1390. The Morgan fingerprint density at radius 1 is 0.694 bits per heavy atom. The average Bonchev–Trinajstić information content (AvgIpc) is 3.18. The van der Waals surface area contributed by atoms with Crippen molar-refractivity contribution >= 4 is 23.0 Å². The lowest BCUT2D eigenvalue weighted by Crippen LogP contribution is -2.45. The second-order valence-corrected chi connectivity index (χ2v) is 9.26. The lowest BCUT2D eigenvalue weighted by Gasteiger charge is -2.43. The second kappa shape index (κ2) is 9.54. The third-order valence-corrected chi connectivity index (χ3v) is 7.05. The van der Waals surface area contributed by atoms with Gasteiger partial charge in [-0.1, -0.05) is 54.6 Å². The summed E-state index contributed by atoms with van der Waals surface area (Å²) in [5.41, 5.74) is 6.49. The van der Waals surface area contributed by atoms with Crippen molar-refractivity contribution in [3.8, 4) is 0 Å². The number of ether oxygens (including phenoxy) is 1. The van der Waals surface area contributed by atoms with Crippen LogP contribution in [0.1, 0.15) is 46.5 Å². The molecule has 0 aliphatic carbocycles. The van der Waals surface area contributed by atoms with Gasteiger partial charge in [-0.3, -0.25) is 4.90 Å². The van der Waals surface area contributed by atoms with Gasteiger partial charge in [-0.25, -0.2) is 4.79 Å². The zero-order valence-electron chi connectivity index (χ0n) is 21.4. The number of aryl methyl sites for hydroxylation is 2. The van der Waals surface area contributed by atoms with Gasteiger partial charge in [-0.05, 0) is 81.3 Å². The molecule has 1 unspecified atom stereocenters. The Balaban J connectivity index is 1.84. The second-order valence-electron chi connectivity index (χ2n) is 9.26. The van der Waals surface area contributed by atoms with Crippen molar-refractivity contribution in [1.29, 1.82) is 0 Å². The summed E-state index contributed by atoms with van der Waals surface area (Å²) >= 11 is 0. The van der Waals surface area contributed by atoms with Crippen molar-refractivity contribution in [3.63, 3.8) is 0 Å². The Morgan fingerprint density at radius 2 is 1.39 bits per heavy atom. The molecule has 0 fully saturated rings. The molecule has 4 aromatic carbocycles. The van der Waals surface area contributed by atoms with Crippen LogP contribution in [0.4, 0.5) is 17.1 Å². The average molecular weight is 477 g/mol. The Hall–Kier alpha value is -4.05. The highest BCUT2D eigenvalue weighted by molar-refractivity contribution is 5.97. The van der Waals surface area contributed by atoms with Crippen LogP contribution in [0.2, 0.25) is 0 Å². The molecule has 0 amide bonds. The number of fused-ring (bicyclic) bond motifs is 1. The van der Waals surface area contributed by atoms with E-state index in [0.717, 1.165) is 52.4 Å². The van der Waals surface area contributed by atoms with Crippen LogP contribution in [0.5, 0.6) is 0 Å². The number of nitrogens with zero attached hydrogens (tertiary/aromatic N) is 2. The van der Waals surface area contributed by atoms with E-state index in [1.54, 1.807) is 0 Å². The van der Waals surface area contributed by atoms with Crippen LogP contribution >= 0.6 is 0 Å². The van der Waals surface area contributed by atoms with Gasteiger partial charge in [0, 0.05) is 41.3 Å². The summed E-state index contributed by atoms with van der Waals surface area (Å²) in [7, 11) is 0. The number of benzene rings is 4. The molecule has 5 rings (SSSR count). The maximum Gasteiger partial charge on any atom is 0.341 e. The maximum absolute atomic E-state index is 13.4. The maximum atomic E-state index is 13.4. The molecule has 0 radical (unpaired) electrons. The van der Waals surface area contributed by atoms with Gasteiger partial charge in [0.1, 0.15) is 0 Å². The van der Waals surface area contributed by atoms with Gasteiger partial charge in [0.15, 0.2) is 0 Å². The number of anilines is 3. The summed E-state index contributed by atoms with van der Waals surface area (Å²) in [6.45, 7) is 10.4. The molecule has 1 aliphatic heterocycles. The van der Waals surface area contributed by atoms with E-state index < -0.39 is 5.72 Å². The number of carbonyl (C=O) groups excluding carboxylic acids is 1. The first kappa shape index (κ1) is 23.7. The van der Waals surface area contributed by atoms with E-state index in [1.165, 1.54) is 0 Å². The standard InChI is InChI=1S/C32H32N2O2/c1-5-33(6-2)26-19-20-29(24(4)22-26)32(30-18-11-10-17-28(30)31(35)36-32)34(25-14-8-7-9-15-25)27-16-12-13-23(3)21-27/h7-22H,5-6H2,1-4H3. The van der Waals surface area contributed by atoms with Crippen molar-refractivity contribution in [3.05, 3.63) is 125 Å². The molecular formula is C32H32N2O2. The van der Waals surface area contributed by atoms with Crippen LogP contribution in [0, 0.1) is 13.8 Å². The normalized spacial score (nSPS) is 16.4. The molecule has 4 aromatic rings. The van der Waals surface area contributed by atoms with E-state index in [0.29, 0.717) is 5.56 Å². The van der Waals surface area contributed by atoms with Crippen LogP contribution in [0.25, 0.3) is 0 Å². The van der Waals surface area contributed by atoms with Crippen molar-refractivity contribution in [1.82, 2.24) is 0 Å². The molecule has 182 valence electrons. The van der Waals surface area contributed by atoms with Crippen LogP contribution in [-0.4, -0.2) is 19.1 Å². The van der Waals surface area contributed by atoms with E-state index >= 15 is 0 Å². The largest absolute Gasteiger partial charge is 0.426 e. The van der Waals surface area contributed by atoms with E-state index in [2.05, 4.69) is 86.0 Å². The summed E-state index contributed by atoms with van der Waals surface area (Å²) in [4.78, 5) is 17.9. The third kappa shape index (κ3) is 3.83. The predicted octanol–water partition coefficient (Wildman–Crippen LogP) is 7.36. The van der Waals surface area contributed by atoms with Gasteiger partial charge in [-0.2, -0.15) is 0 Å². The predicted molar refractivity (Wildman–Crippen MR) is 147 cm³/mol. The van der Waals surface area contributed by atoms with Gasteiger partial charge in [-0.15, -0.1) is 0 Å². The number of cyclic esters (lactones) is 1. The Labute approximate surface area is 213 Å². The topological polar surface area (TPSA) is 32.8 Å². The van der Waals surface area contributed by atoms with Crippen molar-refractivity contribution < 1.29 is 9.53 Å². The Morgan fingerprint density at radius 3 is 2.08 bits per heavy atom. The number of rotatable bonds is 7. The summed E-state index contributed by atoms with van der Waals surface area (Å²) in [5.74, 6) is -0.314. The van der Waals surface area contributed by atoms with E-state index in [9.17, 15) is 4.79 Å². The number of esters is 1. The van der Waals surface area contributed by atoms with E-state index in [4.69, 9.17) is 4.74 Å². The fourth-order valence-electron chi connectivity index (χ4n) is 5.36. The quantitative estimate of drug-likeness (QED) is 0.261. The van der Waals surface area contributed by atoms with Crippen molar-refractivity contribution in [2.24, 2.45) is 0 Å². The first-order chi connectivity index (χ1) is 17.5. The number of hydrogen-bond acceptors (Lipinski definition) is 4. The molecule has 0 bridgehead atoms. The highest BCUT2D eigenvalue weighted by Crippen LogP contribution is 2.51. The highest BCUT2D eigenvalue weighted by Gasteiger charge is 2.53. The SMILES string of the molecule is CCN(CC)c1ccc(C2(N(c3ccccc3)c3cccc(C)c3)OC(=O)c3ccccc32)c(C)c1. The molecular weight excluding hydrogens is 444 g/mol. The first-order valence-electron chi connectivity index (χ1n) is 12.6. The monoisotopic (exact) mass is 476 g/mol. The van der Waals surface area contributed by atoms with Crippen molar-refractivity contribution in [2.75, 3.05) is 22.9 Å². The van der Waals surface area contributed by atoms with Gasteiger partial charge in [0.25, 0.3) is 0 Å². The summed E-state index contributed by atoms with van der Waals surface area (Å²) in [6.07, 6.45) is 0. The zero-order valence-corrected chi connectivity index (χ0v) is 21.4. The summed E-state index contributed by atoms with van der Waals surface area (Å²) in [6, 6.07) is 32.8. The van der Waals surface area contributed by atoms with Crippen LogP contribution in [-0.2, 0) is 10.5 Å². The third-order valence-electron chi connectivity index (χ3n) is 7.05. The smallest absolute Gasteiger partial charge is 0.341 e. The van der Waals surface area contributed by atoms with Gasteiger partial charge >= 0.3 is 5.97 Å². The molecule has 36 heavy (non-hydrogen) atoms. The minimum atomic E-state index is -1.16. The lowest BCUT2D eigenvalue weighted by atomic mass is 9.87. The highest BCUT2D eigenvalue weighted by atomic mass is 16.6. The molecule has 0 spiro atoms. The minimum absolute atomic E-state index is 0.314. The summed E-state index contributed by atoms with van der Waals surface area (Å²) in [5, 5.41) is 0. The van der Waals surface area contributed by atoms with Gasteiger partial charge in [0.2, 0.25) is 5.72 Å². The minimum Gasteiger partial charge on any atom is -0.426 e. The van der Waals surface area contributed by atoms with Crippen LogP contribution in [0.15, 0.2) is 97.1 Å². The molecule has 0 N–H and O–H groups in total. The molecule has 4 nitrogen and oxygen atoms in total. The van der Waals surface area contributed by atoms with Crippen molar-refractivity contribution in [2.45, 2.75) is 33.4 Å². The number of carbonyl (C=O) groups is 1. The number of hydrogen-bond donors (Lipinski definition) is 0. The van der Waals surface area contributed by atoms with Gasteiger partial charge in [0.05, 0.1) is 5.56 Å². The lowest BCUT2D eigenvalue weighted by molar-refractivity contribution is 0.0132. The first-order valence-corrected chi connectivity index (χ1v) is 12.6. The fraction of sp³-hybridized carbons (Fsp3) is 0.219. The molecule has 4 heteroatoms. The summed E-state index contributed by atoms with van der Waals surface area (Å²) < 4.78 is 6.52. The molecule has 0 saturated heterocycles. The molecule has 0 saturated carbocycles. The Kier molecular flexibility index (Phi) is 6.27. The van der Waals surface area contributed by atoms with Crippen LogP contribution in [0.3, 0.4) is 0 Å². The van der Waals surface area contributed by atoms with Crippen LogP contribution < -0.4 is 9.80 Å². The number of para-hydroxylation sites is 1. The molecule has 1 atom stereocenters. The fourth-order valence-corrected chi connectivity index (χ4v) is 5.36. The van der Waals surface area contributed by atoms with Gasteiger partial charge < -0.3 is 9.64 Å². The molecule has 0 aromatic heterocycles. The zero-order chi connectivity index (χ0) is 25.3.